The Morgan fingerprint density at radius 1 is 1.17 bits per heavy atom. The summed E-state index contributed by atoms with van der Waals surface area (Å²) in [5.41, 5.74) is 1.90. The van der Waals surface area contributed by atoms with Crippen LogP contribution >= 0.6 is 0 Å². The zero-order valence-corrected chi connectivity index (χ0v) is 18.3. The molecule has 1 fully saturated rings. The van der Waals surface area contributed by atoms with Crippen molar-refractivity contribution in [1.82, 2.24) is 18.8 Å². The van der Waals surface area contributed by atoms with E-state index in [2.05, 4.69) is 23.4 Å². The Bertz CT molecular complexity index is 1110. The first-order valence-corrected chi connectivity index (χ1v) is 12.0. The zero-order valence-electron chi connectivity index (χ0n) is 17.5. The number of fused-ring (bicyclic) bond motifs is 1. The second-order valence-corrected chi connectivity index (χ2v) is 9.54. The minimum atomic E-state index is -3.54. The monoisotopic (exact) mass is 428 g/mol. The van der Waals surface area contributed by atoms with E-state index in [1.807, 2.05) is 12.3 Å². The number of hydrogen-bond acceptors (Lipinski definition) is 5. The van der Waals surface area contributed by atoms with E-state index >= 15 is 0 Å². The van der Waals surface area contributed by atoms with Crippen LogP contribution in [0.1, 0.15) is 44.9 Å². The van der Waals surface area contributed by atoms with Gasteiger partial charge in [0.15, 0.2) is 0 Å². The predicted molar refractivity (Wildman–Crippen MR) is 116 cm³/mol. The lowest BCUT2D eigenvalue weighted by molar-refractivity contribution is 0.309. The third-order valence-electron chi connectivity index (χ3n) is 5.64. The summed E-state index contributed by atoms with van der Waals surface area (Å²) in [4.78, 5) is 9.30. The molecule has 0 aliphatic carbocycles. The largest absolute Gasteiger partial charge is 0.494 e. The van der Waals surface area contributed by atoms with Crippen molar-refractivity contribution in [3.05, 3.63) is 48.5 Å². The van der Waals surface area contributed by atoms with Crippen LogP contribution in [-0.4, -0.2) is 47.0 Å². The van der Waals surface area contributed by atoms with Crippen molar-refractivity contribution in [2.45, 2.75) is 50.5 Å². The highest BCUT2D eigenvalue weighted by atomic mass is 32.2. The normalized spacial score (nSPS) is 17.6. The summed E-state index contributed by atoms with van der Waals surface area (Å²) >= 11 is 0. The molecule has 4 rings (SSSR count). The molecule has 1 aromatic carbocycles. The minimum absolute atomic E-state index is 0.0729. The Morgan fingerprint density at radius 3 is 2.70 bits per heavy atom. The molecule has 160 valence electrons. The number of pyridine rings is 1. The fourth-order valence-corrected chi connectivity index (χ4v) is 5.48. The Labute approximate surface area is 177 Å². The van der Waals surface area contributed by atoms with E-state index in [9.17, 15) is 8.42 Å². The van der Waals surface area contributed by atoms with Crippen LogP contribution in [0.25, 0.3) is 11.0 Å². The quantitative estimate of drug-likeness (QED) is 0.510. The first-order valence-electron chi connectivity index (χ1n) is 10.6. The Kier molecular flexibility index (Phi) is 6.06. The van der Waals surface area contributed by atoms with Gasteiger partial charge in [-0.2, -0.15) is 4.31 Å². The van der Waals surface area contributed by atoms with E-state index in [0.717, 1.165) is 42.7 Å². The van der Waals surface area contributed by atoms with Gasteiger partial charge in [-0.15, -0.1) is 0 Å². The second kappa shape index (κ2) is 8.73. The number of aryl methyl sites for hydroxylation is 1. The van der Waals surface area contributed by atoms with Gasteiger partial charge < -0.3 is 9.30 Å². The molecule has 1 atom stereocenters. The van der Waals surface area contributed by atoms with Gasteiger partial charge in [-0.25, -0.2) is 13.4 Å². The van der Waals surface area contributed by atoms with E-state index in [1.54, 1.807) is 34.8 Å². The summed E-state index contributed by atoms with van der Waals surface area (Å²) in [5, 5.41) is 0. The molecule has 0 N–H and O–H groups in total. The lowest BCUT2D eigenvalue weighted by Gasteiger charge is -2.17. The number of imidazole rings is 1. The highest BCUT2D eigenvalue weighted by Crippen LogP contribution is 2.32. The highest BCUT2D eigenvalue weighted by molar-refractivity contribution is 7.89. The van der Waals surface area contributed by atoms with Crippen LogP contribution in [0.5, 0.6) is 5.75 Å². The van der Waals surface area contributed by atoms with E-state index in [-0.39, 0.29) is 5.92 Å². The smallest absolute Gasteiger partial charge is 0.243 e. The molecule has 1 unspecified atom stereocenters. The molecular formula is C22H28N4O3S. The molecule has 1 aliphatic rings. The average molecular weight is 429 g/mol. The van der Waals surface area contributed by atoms with Gasteiger partial charge in [0.25, 0.3) is 0 Å². The predicted octanol–water partition coefficient (Wildman–Crippen LogP) is 3.81. The van der Waals surface area contributed by atoms with E-state index in [0.29, 0.717) is 30.3 Å². The SMILES string of the molecule is CCCCOc1ccc(S(=O)(=O)N2CCC(c3nc4ccncc4n3CC)C2)cc1. The maximum absolute atomic E-state index is 13.2. The second-order valence-electron chi connectivity index (χ2n) is 7.60. The maximum atomic E-state index is 13.2. The highest BCUT2D eigenvalue weighted by Gasteiger charge is 2.35. The Morgan fingerprint density at radius 2 is 1.97 bits per heavy atom. The van der Waals surface area contributed by atoms with Gasteiger partial charge in [0.2, 0.25) is 10.0 Å². The van der Waals surface area contributed by atoms with Crippen LogP contribution < -0.4 is 4.74 Å². The number of hydrogen-bond donors (Lipinski definition) is 0. The van der Waals surface area contributed by atoms with Crippen LogP contribution in [0.15, 0.2) is 47.6 Å². The average Bonchev–Trinajstić information content (AvgIpc) is 3.39. The maximum Gasteiger partial charge on any atom is 0.243 e. The summed E-state index contributed by atoms with van der Waals surface area (Å²) in [6.07, 6.45) is 6.36. The number of rotatable bonds is 8. The first-order chi connectivity index (χ1) is 14.5. The van der Waals surface area contributed by atoms with E-state index < -0.39 is 10.0 Å². The Balaban J connectivity index is 1.51. The van der Waals surface area contributed by atoms with Gasteiger partial charge >= 0.3 is 0 Å². The van der Waals surface area contributed by atoms with Crippen LogP contribution in [0.4, 0.5) is 0 Å². The topological polar surface area (TPSA) is 77.3 Å². The van der Waals surface area contributed by atoms with Gasteiger partial charge in [-0.1, -0.05) is 13.3 Å². The van der Waals surface area contributed by atoms with Gasteiger partial charge in [0, 0.05) is 31.7 Å². The van der Waals surface area contributed by atoms with Crippen molar-refractivity contribution >= 4 is 21.1 Å². The summed E-state index contributed by atoms with van der Waals surface area (Å²) in [7, 11) is -3.54. The number of aromatic nitrogens is 3. The number of nitrogens with zero attached hydrogens (tertiary/aromatic N) is 4. The van der Waals surface area contributed by atoms with Crippen LogP contribution in [0, 0.1) is 0 Å². The van der Waals surface area contributed by atoms with Crippen LogP contribution in [-0.2, 0) is 16.6 Å². The summed E-state index contributed by atoms with van der Waals surface area (Å²) in [6, 6.07) is 8.64. The fourth-order valence-electron chi connectivity index (χ4n) is 3.98. The molecule has 7 nitrogen and oxygen atoms in total. The molecule has 0 saturated carbocycles. The van der Waals surface area contributed by atoms with Crippen molar-refractivity contribution in [3.63, 3.8) is 0 Å². The third kappa shape index (κ3) is 3.94. The summed E-state index contributed by atoms with van der Waals surface area (Å²) < 4.78 is 35.7. The molecule has 3 heterocycles. The molecule has 8 heteroatoms. The first kappa shape index (κ1) is 20.8. The summed E-state index contributed by atoms with van der Waals surface area (Å²) in [5.74, 6) is 1.72. The number of sulfonamides is 1. The van der Waals surface area contributed by atoms with Crippen molar-refractivity contribution in [3.8, 4) is 5.75 Å². The van der Waals surface area contributed by atoms with Crippen LogP contribution in [0.2, 0.25) is 0 Å². The standard InChI is InChI=1S/C22H28N4O3S/c1-3-5-14-29-18-6-8-19(9-7-18)30(27,28)25-13-11-17(16-25)22-24-20-10-12-23-15-21(20)26(22)4-2/h6-10,12,15,17H,3-5,11,13-14,16H2,1-2H3. The minimum Gasteiger partial charge on any atom is -0.494 e. The van der Waals surface area contributed by atoms with Gasteiger partial charge in [0.05, 0.1) is 28.7 Å². The van der Waals surface area contributed by atoms with Crippen molar-refractivity contribution in [1.29, 1.82) is 0 Å². The summed E-state index contributed by atoms with van der Waals surface area (Å²) in [6.45, 7) is 6.53. The van der Waals surface area contributed by atoms with E-state index in [1.165, 1.54) is 0 Å². The molecule has 0 bridgehead atoms. The van der Waals surface area contributed by atoms with Gasteiger partial charge in [0.1, 0.15) is 11.6 Å². The Hall–Kier alpha value is -2.45. The molecule has 30 heavy (non-hydrogen) atoms. The van der Waals surface area contributed by atoms with Crippen molar-refractivity contribution in [2.24, 2.45) is 0 Å². The molecule has 0 radical (unpaired) electrons. The van der Waals surface area contributed by atoms with Crippen molar-refractivity contribution in [2.75, 3.05) is 19.7 Å². The third-order valence-corrected chi connectivity index (χ3v) is 7.52. The molecule has 1 saturated heterocycles. The number of unbranched alkanes of at least 4 members (excludes halogenated alkanes) is 1. The van der Waals surface area contributed by atoms with Gasteiger partial charge in [-0.05, 0) is 50.1 Å². The van der Waals surface area contributed by atoms with E-state index in [4.69, 9.17) is 9.72 Å². The van der Waals surface area contributed by atoms with Crippen molar-refractivity contribution < 1.29 is 13.2 Å². The van der Waals surface area contributed by atoms with Crippen LogP contribution in [0.3, 0.4) is 0 Å². The van der Waals surface area contributed by atoms with Gasteiger partial charge in [-0.3, -0.25) is 4.98 Å². The molecule has 0 amide bonds. The molecule has 1 aliphatic heterocycles. The molecular weight excluding hydrogens is 400 g/mol. The fraction of sp³-hybridized carbons (Fsp3) is 0.455. The molecule has 0 spiro atoms. The zero-order chi connectivity index (χ0) is 21.1. The number of benzene rings is 1. The molecule has 3 aromatic rings. The lowest BCUT2D eigenvalue weighted by atomic mass is 10.1. The molecule has 2 aromatic heterocycles. The lowest BCUT2D eigenvalue weighted by Crippen LogP contribution is -2.29. The number of ether oxygens (including phenoxy) is 1.